The number of nitrogens with zero attached hydrogens (tertiary/aromatic N) is 1. The van der Waals surface area contributed by atoms with Gasteiger partial charge in [-0.25, -0.2) is 0 Å². The van der Waals surface area contributed by atoms with Crippen LogP contribution in [0.4, 0.5) is 5.69 Å². The largest absolute Gasteiger partial charge is 0.345 e. The Kier molecular flexibility index (Phi) is 8.82. The maximum atomic E-state index is 12.9. The zero-order valence-corrected chi connectivity index (χ0v) is 20.0. The topological polar surface area (TPSA) is 78.5 Å². The Balaban J connectivity index is 1.75. The minimum Gasteiger partial charge on any atom is -0.345 e. The average molecular weight is 478 g/mol. The van der Waals surface area contributed by atoms with Gasteiger partial charge in [0.15, 0.2) is 0 Å². The molecule has 0 radical (unpaired) electrons. The second-order valence-electron chi connectivity index (χ2n) is 7.73. The van der Waals surface area contributed by atoms with Crippen molar-refractivity contribution in [1.29, 1.82) is 0 Å². The van der Waals surface area contributed by atoms with Gasteiger partial charge in [-0.05, 0) is 49.7 Å². The number of carbonyl (C=O) groups excluding carboxylic acids is 3. The normalized spacial score (nSPS) is 11.4. The molecular weight excluding hydrogens is 450 g/mol. The lowest BCUT2D eigenvalue weighted by Gasteiger charge is -2.20. The Morgan fingerprint density at radius 1 is 0.882 bits per heavy atom. The van der Waals surface area contributed by atoms with E-state index in [0.717, 1.165) is 5.56 Å². The molecule has 3 aromatic rings. The van der Waals surface area contributed by atoms with Crippen LogP contribution in [0.2, 0.25) is 5.02 Å². The van der Waals surface area contributed by atoms with Crippen molar-refractivity contribution in [2.24, 2.45) is 0 Å². The first-order valence-corrected chi connectivity index (χ1v) is 11.6. The molecule has 0 saturated carbocycles. The highest BCUT2D eigenvalue weighted by Crippen LogP contribution is 2.21. The highest BCUT2D eigenvalue weighted by Gasteiger charge is 2.21. The van der Waals surface area contributed by atoms with Crippen LogP contribution in [0.25, 0.3) is 0 Å². The summed E-state index contributed by atoms with van der Waals surface area (Å²) in [6, 6.07) is 22.3. The van der Waals surface area contributed by atoms with Gasteiger partial charge in [0.05, 0.1) is 23.0 Å². The summed E-state index contributed by atoms with van der Waals surface area (Å²) in [4.78, 5) is 40.1. The van der Waals surface area contributed by atoms with Crippen molar-refractivity contribution in [2.45, 2.75) is 26.3 Å². The molecule has 176 valence electrons. The van der Waals surface area contributed by atoms with Crippen molar-refractivity contribution in [1.82, 2.24) is 10.2 Å². The van der Waals surface area contributed by atoms with Crippen molar-refractivity contribution in [3.63, 3.8) is 0 Å². The molecule has 1 unspecified atom stereocenters. The number of amides is 3. The third-order valence-electron chi connectivity index (χ3n) is 5.46. The third kappa shape index (κ3) is 6.45. The lowest BCUT2D eigenvalue weighted by molar-refractivity contribution is -0.116. The van der Waals surface area contributed by atoms with Gasteiger partial charge in [-0.1, -0.05) is 60.1 Å². The lowest BCUT2D eigenvalue weighted by atomic mass is 10.0. The molecule has 0 aliphatic carbocycles. The summed E-state index contributed by atoms with van der Waals surface area (Å²) in [6.45, 7) is 5.06. The van der Waals surface area contributed by atoms with Crippen LogP contribution in [0.15, 0.2) is 78.9 Å². The minimum atomic E-state index is -0.564. The maximum absolute atomic E-state index is 12.9. The quantitative estimate of drug-likeness (QED) is 0.437. The highest BCUT2D eigenvalue weighted by atomic mass is 35.5. The van der Waals surface area contributed by atoms with Gasteiger partial charge < -0.3 is 15.5 Å². The van der Waals surface area contributed by atoms with E-state index in [1.54, 1.807) is 53.4 Å². The summed E-state index contributed by atoms with van der Waals surface area (Å²) < 4.78 is 0. The fourth-order valence-corrected chi connectivity index (χ4v) is 3.86. The summed E-state index contributed by atoms with van der Waals surface area (Å²) in [5, 5.41) is 6.11. The summed E-state index contributed by atoms with van der Waals surface area (Å²) in [7, 11) is 0. The second-order valence-corrected chi connectivity index (χ2v) is 8.13. The van der Waals surface area contributed by atoms with Crippen LogP contribution in [0.1, 0.15) is 52.6 Å². The molecule has 6 nitrogen and oxygen atoms in total. The van der Waals surface area contributed by atoms with E-state index in [1.165, 1.54) is 0 Å². The first kappa shape index (κ1) is 25.0. The van der Waals surface area contributed by atoms with Crippen molar-refractivity contribution < 1.29 is 14.4 Å². The maximum Gasteiger partial charge on any atom is 0.253 e. The van der Waals surface area contributed by atoms with Crippen LogP contribution in [0.5, 0.6) is 0 Å². The third-order valence-corrected chi connectivity index (χ3v) is 5.79. The van der Waals surface area contributed by atoms with E-state index in [0.29, 0.717) is 34.9 Å². The zero-order valence-electron chi connectivity index (χ0n) is 19.3. The van der Waals surface area contributed by atoms with E-state index in [-0.39, 0.29) is 24.1 Å². The Labute approximate surface area is 204 Å². The van der Waals surface area contributed by atoms with Crippen molar-refractivity contribution in [3.05, 3.63) is 101 Å². The Bertz CT molecular complexity index is 1150. The van der Waals surface area contributed by atoms with Gasteiger partial charge in [0.1, 0.15) is 0 Å². The van der Waals surface area contributed by atoms with Crippen molar-refractivity contribution in [3.8, 4) is 0 Å². The van der Waals surface area contributed by atoms with Crippen LogP contribution >= 0.6 is 11.6 Å². The van der Waals surface area contributed by atoms with Gasteiger partial charge in [-0.3, -0.25) is 14.4 Å². The smallest absolute Gasteiger partial charge is 0.253 e. The summed E-state index contributed by atoms with van der Waals surface area (Å²) in [5.41, 5.74) is 2.16. The van der Waals surface area contributed by atoms with E-state index >= 15 is 0 Å². The molecule has 0 heterocycles. The van der Waals surface area contributed by atoms with Crippen LogP contribution in [0.3, 0.4) is 0 Å². The number of nitrogens with one attached hydrogen (secondary N) is 2. The van der Waals surface area contributed by atoms with Crippen LogP contribution in [-0.2, 0) is 4.79 Å². The lowest BCUT2D eigenvalue weighted by Crippen LogP contribution is -2.32. The van der Waals surface area contributed by atoms with E-state index in [4.69, 9.17) is 11.6 Å². The standard InChI is InChI=1S/C27H28ClN3O3/c1-3-31(4-2)27(34)20-13-10-14-21(17-20)29-25(32)18-24(19-11-6-5-7-12-19)30-26(33)22-15-8-9-16-23(22)28/h5-17,24H,3-4,18H2,1-2H3,(H,29,32)(H,30,33). The molecule has 0 bridgehead atoms. The summed E-state index contributed by atoms with van der Waals surface area (Å²) >= 11 is 6.17. The molecule has 0 aliphatic heterocycles. The number of hydrogen-bond donors (Lipinski definition) is 2. The molecule has 2 N–H and O–H groups in total. The molecular formula is C27H28ClN3O3. The molecule has 0 fully saturated rings. The molecule has 0 aromatic heterocycles. The molecule has 0 saturated heterocycles. The van der Waals surface area contributed by atoms with Gasteiger partial charge in [-0.15, -0.1) is 0 Å². The first-order valence-electron chi connectivity index (χ1n) is 11.2. The summed E-state index contributed by atoms with van der Waals surface area (Å²) in [5.74, 6) is -0.741. The monoisotopic (exact) mass is 477 g/mol. The molecule has 7 heteroatoms. The number of carbonyl (C=O) groups is 3. The van der Waals surface area contributed by atoms with Crippen LogP contribution in [-0.4, -0.2) is 35.7 Å². The summed E-state index contributed by atoms with van der Waals surface area (Å²) in [6.07, 6.45) is 0.00836. The van der Waals surface area contributed by atoms with E-state index in [1.807, 2.05) is 44.2 Å². The van der Waals surface area contributed by atoms with Gasteiger partial charge in [0.25, 0.3) is 11.8 Å². The molecule has 3 rings (SSSR count). The molecule has 0 aliphatic rings. The Morgan fingerprint density at radius 3 is 2.24 bits per heavy atom. The Morgan fingerprint density at radius 2 is 1.56 bits per heavy atom. The fraction of sp³-hybridized carbons (Fsp3) is 0.222. The van der Waals surface area contributed by atoms with Crippen LogP contribution in [0, 0.1) is 0 Å². The average Bonchev–Trinajstić information content (AvgIpc) is 2.85. The SMILES string of the molecule is CCN(CC)C(=O)c1cccc(NC(=O)CC(NC(=O)c2ccccc2Cl)c2ccccc2)c1. The Hall–Kier alpha value is -3.64. The highest BCUT2D eigenvalue weighted by molar-refractivity contribution is 6.33. The van der Waals surface area contributed by atoms with Gasteiger partial charge in [0, 0.05) is 24.3 Å². The molecule has 3 amide bonds. The molecule has 3 aromatic carbocycles. The minimum absolute atomic E-state index is 0.00836. The van der Waals surface area contributed by atoms with Gasteiger partial charge >= 0.3 is 0 Å². The zero-order chi connectivity index (χ0) is 24.5. The van der Waals surface area contributed by atoms with Gasteiger partial charge in [-0.2, -0.15) is 0 Å². The predicted octanol–water partition coefficient (Wildman–Crippen LogP) is 5.32. The number of rotatable bonds is 9. The second kappa shape index (κ2) is 12.0. The predicted molar refractivity (Wildman–Crippen MR) is 135 cm³/mol. The van der Waals surface area contributed by atoms with E-state index < -0.39 is 6.04 Å². The molecule has 34 heavy (non-hydrogen) atoms. The van der Waals surface area contributed by atoms with E-state index in [2.05, 4.69) is 10.6 Å². The van der Waals surface area contributed by atoms with E-state index in [9.17, 15) is 14.4 Å². The van der Waals surface area contributed by atoms with Crippen molar-refractivity contribution in [2.75, 3.05) is 18.4 Å². The number of anilines is 1. The van der Waals surface area contributed by atoms with Gasteiger partial charge in [0.2, 0.25) is 5.91 Å². The fourth-order valence-electron chi connectivity index (χ4n) is 3.64. The van der Waals surface area contributed by atoms with Crippen LogP contribution < -0.4 is 10.6 Å². The van der Waals surface area contributed by atoms with Crippen molar-refractivity contribution >= 4 is 35.0 Å². The molecule has 0 spiro atoms. The molecule has 1 atom stereocenters. The number of hydrogen-bond acceptors (Lipinski definition) is 3. The number of benzene rings is 3. The number of halogens is 1. The first-order chi connectivity index (χ1) is 16.4.